The Morgan fingerprint density at radius 1 is 1.55 bits per heavy atom. The lowest BCUT2D eigenvalue weighted by molar-refractivity contribution is -0.123. The highest BCUT2D eigenvalue weighted by Gasteiger charge is 2.28. The van der Waals surface area contributed by atoms with E-state index in [-0.39, 0.29) is 11.2 Å². The average Bonchev–Trinajstić information content (AvgIpc) is 1.83. The fraction of sp³-hybridized carbons (Fsp3) is 0.857. The molecule has 0 saturated carbocycles. The first-order valence-electron chi connectivity index (χ1n) is 3.91. The molecule has 0 aromatic rings. The van der Waals surface area contributed by atoms with Crippen molar-refractivity contribution in [1.29, 1.82) is 0 Å². The van der Waals surface area contributed by atoms with E-state index >= 15 is 0 Å². The maximum absolute atomic E-state index is 11.1. The number of carbonyl (C=O) groups is 1. The number of hydrazine groups is 1. The lowest BCUT2D eigenvalue weighted by atomic mass is 9.47. The molecule has 0 aliphatic carbocycles. The summed E-state index contributed by atoms with van der Waals surface area (Å²) in [6.07, 6.45) is 0. The molecule has 4 heteroatoms. The van der Waals surface area contributed by atoms with Gasteiger partial charge in [-0.1, -0.05) is 33.5 Å². The molecule has 0 aliphatic rings. The third-order valence-electron chi connectivity index (χ3n) is 1.66. The molecule has 1 amide bonds. The summed E-state index contributed by atoms with van der Waals surface area (Å²) in [6.45, 7) is 7.97. The molecule has 3 nitrogen and oxygen atoms in total. The first-order valence-corrected chi connectivity index (χ1v) is 3.91. The standard InChI is InChI=1S/C7H17BN2O/c1-5(2)8-7(3,4)6(11)10-9/h5,8H,9H2,1-4H3,(H,10,11). The average molecular weight is 156 g/mol. The van der Waals surface area contributed by atoms with Crippen LogP contribution in [-0.4, -0.2) is 13.2 Å². The highest BCUT2D eigenvalue weighted by Crippen LogP contribution is 2.26. The number of nitrogens with two attached hydrogens (primary N) is 1. The summed E-state index contributed by atoms with van der Waals surface area (Å²) in [5.41, 5.74) is 2.17. The zero-order chi connectivity index (χ0) is 9.07. The van der Waals surface area contributed by atoms with Crippen LogP contribution in [0.25, 0.3) is 0 Å². The van der Waals surface area contributed by atoms with Crippen LogP contribution < -0.4 is 11.3 Å². The van der Waals surface area contributed by atoms with Gasteiger partial charge in [0.1, 0.15) is 7.28 Å². The number of nitrogens with one attached hydrogen (secondary N) is 1. The fourth-order valence-corrected chi connectivity index (χ4v) is 1.31. The zero-order valence-electron chi connectivity index (χ0n) is 7.77. The highest BCUT2D eigenvalue weighted by molar-refractivity contribution is 6.48. The lowest BCUT2D eigenvalue weighted by Gasteiger charge is -2.22. The molecule has 3 N–H and O–H groups in total. The summed E-state index contributed by atoms with van der Waals surface area (Å²) in [5, 5.41) is -0.344. The van der Waals surface area contributed by atoms with Gasteiger partial charge in [-0.25, -0.2) is 5.84 Å². The van der Waals surface area contributed by atoms with Gasteiger partial charge >= 0.3 is 0 Å². The highest BCUT2D eigenvalue weighted by atomic mass is 16.2. The molecule has 0 aromatic carbocycles. The van der Waals surface area contributed by atoms with Crippen LogP contribution in [-0.2, 0) is 4.79 Å². The summed E-state index contributed by atoms with van der Waals surface area (Å²) in [7, 11) is 0.857. The first-order chi connectivity index (χ1) is 4.90. The molecule has 0 aromatic heterocycles. The molecule has 11 heavy (non-hydrogen) atoms. The minimum Gasteiger partial charge on any atom is -0.294 e. The van der Waals surface area contributed by atoms with Gasteiger partial charge in [0.15, 0.2) is 0 Å². The van der Waals surface area contributed by atoms with E-state index in [1.54, 1.807) is 0 Å². The second-order valence-corrected chi connectivity index (χ2v) is 3.96. The van der Waals surface area contributed by atoms with Crippen molar-refractivity contribution in [1.82, 2.24) is 5.43 Å². The second kappa shape index (κ2) is 3.76. The van der Waals surface area contributed by atoms with Crippen LogP contribution in [0.15, 0.2) is 0 Å². The minimum atomic E-state index is -0.344. The molecule has 0 unspecified atom stereocenters. The van der Waals surface area contributed by atoms with Crippen LogP contribution in [0.3, 0.4) is 0 Å². The maximum Gasteiger partial charge on any atom is 0.231 e. The van der Waals surface area contributed by atoms with E-state index in [9.17, 15) is 4.79 Å². The van der Waals surface area contributed by atoms with Gasteiger partial charge in [-0.15, -0.1) is 0 Å². The summed E-state index contributed by atoms with van der Waals surface area (Å²) in [5.74, 6) is 5.46. The van der Waals surface area contributed by atoms with Crippen LogP contribution in [0, 0.1) is 0 Å². The van der Waals surface area contributed by atoms with Crippen molar-refractivity contribution in [2.24, 2.45) is 5.84 Å². The van der Waals surface area contributed by atoms with E-state index in [1.807, 2.05) is 13.8 Å². The van der Waals surface area contributed by atoms with Crippen molar-refractivity contribution >= 4 is 13.2 Å². The van der Waals surface area contributed by atoms with E-state index < -0.39 is 0 Å². The normalized spacial score (nSPS) is 11.5. The molecule has 0 spiro atoms. The van der Waals surface area contributed by atoms with E-state index in [0.29, 0.717) is 5.82 Å². The van der Waals surface area contributed by atoms with Crippen LogP contribution in [0.1, 0.15) is 27.7 Å². The van der Waals surface area contributed by atoms with Crippen molar-refractivity contribution in [2.45, 2.75) is 38.8 Å². The Kier molecular flexibility index (Phi) is 3.59. The van der Waals surface area contributed by atoms with Gasteiger partial charge in [-0.3, -0.25) is 10.2 Å². The molecule has 0 fully saturated rings. The monoisotopic (exact) mass is 156 g/mol. The van der Waals surface area contributed by atoms with Gasteiger partial charge in [0.2, 0.25) is 5.91 Å². The Hall–Kier alpha value is -0.505. The fourth-order valence-electron chi connectivity index (χ4n) is 1.31. The largest absolute Gasteiger partial charge is 0.294 e. The Labute approximate surface area is 68.9 Å². The molecule has 0 radical (unpaired) electrons. The summed E-state index contributed by atoms with van der Waals surface area (Å²) < 4.78 is 0. The molecular weight excluding hydrogens is 139 g/mol. The van der Waals surface area contributed by atoms with Crippen LogP contribution in [0.4, 0.5) is 0 Å². The van der Waals surface area contributed by atoms with Crippen molar-refractivity contribution in [3.05, 3.63) is 0 Å². The summed E-state index contributed by atoms with van der Waals surface area (Å²) in [4.78, 5) is 11.1. The lowest BCUT2D eigenvalue weighted by Crippen LogP contribution is -2.40. The minimum absolute atomic E-state index is 0.0915. The van der Waals surface area contributed by atoms with Crippen LogP contribution >= 0.6 is 0 Å². The SMILES string of the molecule is CC(C)BC(C)(C)C(=O)NN. The first kappa shape index (κ1) is 10.5. The second-order valence-electron chi connectivity index (χ2n) is 3.96. The quantitative estimate of drug-likeness (QED) is 0.269. The predicted octanol–water partition coefficient (Wildman–Crippen LogP) is 0.440. The Bertz CT molecular complexity index is 145. The van der Waals surface area contributed by atoms with E-state index in [2.05, 4.69) is 19.3 Å². The molecule has 0 saturated heterocycles. The smallest absolute Gasteiger partial charge is 0.231 e. The molecular formula is C7H17BN2O. The van der Waals surface area contributed by atoms with Gasteiger partial charge in [-0.2, -0.15) is 0 Å². The number of rotatable bonds is 3. The Morgan fingerprint density at radius 3 is 2.27 bits per heavy atom. The topological polar surface area (TPSA) is 55.1 Å². The van der Waals surface area contributed by atoms with Crippen molar-refractivity contribution in [3.8, 4) is 0 Å². The summed E-state index contributed by atoms with van der Waals surface area (Å²) >= 11 is 0. The molecule has 0 rings (SSSR count). The van der Waals surface area contributed by atoms with Gasteiger partial charge in [0.05, 0.1) is 0 Å². The number of hydrogen-bond acceptors (Lipinski definition) is 2. The number of carbonyl (C=O) groups excluding carboxylic acids is 1. The predicted molar refractivity (Wildman–Crippen MR) is 48.6 cm³/mol. The van der Waals surface area contributed by atoms with Gasteiger partial charge in [0.25, 0.3) is 0 Å². The van der Waals surface area contributed by atoms with Crippen molar-refractivity contribution in [2.75, 3.05) is 0 Å². The van der Waals surface area contributed by atoms with Gasteiger partial charge in [-0.05, 0) is 0 Å². The van der Waals surface area contributed by atoms with E-state index in [0.717, 1.165) is 7.28 Å². The summed E-state index contributed by atoms with van der Waals surface area (Å²) in [6, 6.07) is 0. The van der Waals surface area contributed by atoms with Crippen molar-refractivity contribution in [3.63, 3.8) is 0 Å². The molecule has 0 heterocycles. The zero-order valence-corrected chi connectivity index (χ0v) is 7.77. The molecule has 0 atom stereocenters. The van der Waals surface area contributed by atoms with Gasteiger partial charge < -0.3 is 0 Å². The number of amides is 1. The maximum atomic E-state index is 11.1. The third kappa shape index (κ3) is 3.42. The van der Waals surface area contributed by atoms with E-state index in [4.69, 9.17) is 5.84 Å². The molecule has 0 bridgehead atoms. The van der Waals surface area contributed by atoms with E-state index in [1.165, 1.54) is 0 Å². The van der Waals surface area contributed by atoms with Crippen LogP contribution in [0.2, 0.25) is 11.1 Å². The van der Waals surface area contributed by atoms with Crippen molar-refractivity contribution < 1.29 is 4.79 Å². The molecule has 64 valence electrons. The molecule has 0 aliphatic heterocycles. The Morgan fingerprint density at radius 2 is 2.00 bits per heavy atom. The number of hydrogen-bond donors (Lipinski definition) is 2. The third-order valence-corrected chi connectivity index (χ3v) is 1.66. The van der Waals surface area contributed by atoms with Crippen LogP contribution in [0.5, 0.6) is 0 Å². The van der Waals surface area contributed by atoms with Gasteiger partial charge in [0, 0.05) is 5.31 Å². The Balaban J connectivity index is 4.09.